The number of benzene rings is 1. The number of aliphatic hydroxyl groups excluding tert-OH is 1. The van der Waals surface area contributed by atoms with Crippen molar-refractivity contribution in [3.63, 3.8) is 0 Å². The summed E-state index contributed by atoms with van der Waals surface area (Å²) >= 11 is 0. The summed E-state index contributed by atoms with van der Waals surface area (Å²) in [5.74, 6) is 0.904. The number of aromatic nitrogens is 1. The molecule has 5 heteroatoms. The van der Waals surface area contributed by atoms with E-state index in [0.717, 1.165) is 24.2 Å². The van der Waals surface area contributed by atoms with Crippen LogP contribution in [0, 0.1) is 0 Å². The van der Waals surface area contributed by atoms with E-state index < -0.39 is 0 Å². The number of carbonyl (C=O) groups is 1. The highest BCUT2D eigenvalue weighted by Crippen LogP contribution is 2.40. The van der Waals surface area contributed by atoms with Gasteiger partial charge in [-0.3, -0.25) is 4.79 Å². The Morgan fingerprint density at radius 3 is 2.81 bits per heavy atom. The lowest BCUT2D eigenvalue weighted by Gasteiger charge is -2.15. The zero-order chi connectivity index (χ0) is 14.7. The van der Waals surface area contributed by atoms with Gasteiger partial charge in [0.1, 0.15) is 5.76 Å². The minimum absolute atomic E-state index is 0.117. The van der Waals surface area contributed by atoms with Crippen LogP contribution in [-0.2, 0) is 6.42 Å². The molecule has 110 valence electrons. The molecule has 2 N–H and O–H groups in total. The van der Waals surface area contributed by atoms with Crippen LogP contribution in [0.4, 0.5) is 0 Å². The molecule has 1 saturated carbocycles. The van der Waals surface area contributed by atoms with E-state index in [2.05, 4.69) is 10.5 Å². The highest BCUT2D eigenvalue weighted by atomic mass is 16.5. The fourth-order valence-corrected chi connectivity index (χ4v) is 2.28. The van der Waals surface area contributed by atoms with E-state index in [1.54, 1.807) is 6.07 Å². The fourth-order valence-electron chi connectivity index (χ4n) is 2.28. The normalized spacial score (nSPS) is 15.7. The highest BCUT2D eigenvalue weighted by molar-refractivity contribution is 5.92. The average Bonchev–Trinajstić information content (AvgIpc) is 3.24. The SMILES string of the molecule is O=C(N[C@H](CO)Cc1ccccc1)c1cc(C2CC2)on1. The van der Waals surface area contributed by atoms with E-state index in [-0.39, 0.29) is 24.2 Å². The van der Waals surface area contributed by atoms with Crippen molar-refractivity contribution in [2.24, 2.45) is 0 Å². The standard InChI is InChI=1S/C16H18N2O3/c19-10-13(8-11-4-2-1-3-5-11)17-16(20)14-9-15(21-18-14)12-6-7-12/h1-5,9,12-13,19H,6-8,10H2,(H,17,20)/t13-/m0/s1. The third-order valence-electron chi connectivity index (χ3n) is 3.62. The Kier molecular flexibility index (Phi) is 4.01. The van der Waals surface area contributed by atoms with Crippen LogP contribution < -0.4 is 5.32 Å². The highest BCUT2D eigenvalue weighted by Gasteiger charge is 2.29. The first kappa shape index (κ1) is 13.8. The fraction of sp³-hybridized carbons (Fsp3) is 0.375. The van der Waals surface area contributed by atoms with Gasteiger partial charge >= 0.3 is 0 Å². The van der Waals surface area contributed by atoms with Crippen LogP contribution in [0.25, 0.3) is 0 Å². The van der Waals surface area contributed by atoms with Crippen LogP contribution in [0.3, 0.4) is 0 Å². The molecule has 0 spiro atoms. The van der Waals surface area contributed by atoms with Crippen molar-refractivity contribution in [1.29, 1.82) is 0 Å². The summed E-state index contributed by atoms with van der Waals surface area (Å²) in [4.78, 5) is 12.1. The predicted molar refractivity (Wildman–Crippen MR) is 77.0 cm³/mol. The summed E-state index contributed by atoms with van der Waals surface area (Å²) in [7, 11) is 0. The molecule has 0 aliphatic heterocycles. The van der Waals surface area contributed by atoms with Crippen molar-refractivity contribution < 1.29 is 14.4 Å². The number of rotatable bonds is 6. The molecule has 1 heterocycles. The van der Waals surface area contributed by atoms with Crippen molar-refractivity contribution in [2.45, 2.75) is 31.2 Å². The Hall–Kier alpha value is -2.14. The molecule has 0 bridgehead atoms. The minimum Gasteiger partial charge on any atom is -0.394 e. The Balaban J connectivity index is 1.61. The molecule has 0 unspecified atom stereocenters. The summed E-state index contributed by atoms with van der Waals surface area (Å²) in [5.41, 5.74) is 1.35. The number of aliphatic hydroxyl groups is 1. The van der Waals surface area contributed by atoms with Crippen molar-refractivity contribution in [3.8, 4) is 0 Å². The van der Waals surface area contributed by atoms with Crippen LogP contribution in [-0.4, -0.2) is 28.8 Å². The van der Waals surface area contributed by atoms with E-state index in [1.165, 1.54) is 0 Å². The monoisotopic (exact) mass is 286 g/mol. The third kappa shape index (κ3) is 3.49. The third-order valence-corrected chi connectivity index (χ3v) is 3.62. The Morgan fingerprint density at radius 1 is 1.38 bits per heavy atom. The van der Waals surface area contributed by atoms with Gasteiger partial charge in [-0.25, -0.2) is 0 Å². The first-order chi connectivity index (χ1) is 10.3. The summed E-state index contributed by atoms with van der Waals surface area (Å²) in [6, 6.07) is 11.1. The van der Waals surface area contributed by atoms with Gasteiger partial charge in [0.05, 0.1) is 12.6 Å². The second-order valence-electron chi connectivity index (χ2n) is 5.43. The minimum atomic E-state index is -0.332. The van der Waals surface area contributed by atoms with Gasteiger partial charge in [0.25, 0.3) is 5.91 Å². The second-order valence-corrected chi connectivity index (χ2v) is 5.43. The van der Waals surface area contributed by atoms with E-state index in [4.69, 9.17) is 4.52 Å². The zero-order valence-electron chi connectivity index (χ0n) is 11.7. The lowest BCUT2D eigenvalue weighted by Crippen LogP contribution is -2.39. The maximum absolute atomic E-state index is 12.1. The predicted octanol–water partition coefficient (Wildman–Crippen LogP) is 1.89. The molecule has 1 aliphatic rings. The maximum Gasteiger partial charge on any atom is 0.273 e. The zero-order valence-corrected chi connectivity index (χ0v) is 11.7. The Bertz CT molecular complexity index is 605. The number of amides is 1. The molecule has 1 aromatic carbocycles. The van der Waals surface area contributed by atoms with Gasteiger partial charge in [-0.2, -0.15) is 0 Å². The van der Waals surface area contributed by atoms with Gasteiger partial charge < -0.3 is 14.9 Å². The summed E-state index contributed by atoms with van der Waals surface area (Å²) in [6.45, 7) is -0.117. The molecule has 3 rings (SSSR count). The van der Waals surface area contributed by atoms with Crippen molar-refractivity contribution in [3.05, 3.63) is 53.4 Å². The quantitative estimate of drug-likeness (QED) is 0.850. The molecule has 1 amide bonds. The molecule has 0 saturated heterocycles. The second kappa shape index (κ2) is 6.10. The number of carbonyl (C=O) groups excluding carboxylic acids is 1. The molecular weight excluding hydrogens is 268 g/mol. The van der Waals surface area contributed by atoms with Crippen LogP contribution in [0.5, 0.6) is 0 Å². The summed E-state index contributed by atoms with van der Waals surface area (Å²) < 4.78 is 5.17. The van der Waals surface area contributed by atoms with Gasteiger partial charge in [0.2, 0.25) is 0 Å². The molecule has 1 aliphatic carbocycles. The Labute approximate surface area is 123 Å². The Morgan fingerprint density at radius 2 is 2.14 bits per heavy atom. The van der Waals surface area contributed by atoms with E-state index in [0.29, 0.717) is 12.3 Å². The topological polar surface area (TPSA) is 75.4 Å². The molecule has 21 heavy (non-hydrogen) atoms. The van der Waals surface area contributed by atoms with Gasteiger partial charge in [0, 0.05) is 12.0 Å². The van der Waals surface area contributed by atoms with Crippen molar-refractivity contribution >= 4 is 5.91 Å². The lowest BCUT2D eigenvalue weighted by atomic mass is 10.1. The molecule has 5 nitrogen and oxygen atoms in total. The van der Waals surface area contributed by atoms with Gasteiger partial charge in [-0.15, -0.1) is 0 Å². The van der Waals surface area contributed by atoms with E-state index in [1.807, 2.05) is 30.3 Å². The van der Waals surface area contributed by atoms with Crippen LogP contribution in [0.15, 0.2) is 40.9 Å². The van der Waals surface area contributed by atoms with E-state index >= 15 is 0 Å². The van der Waals surface area contributed by atoms with Gasteiger partial charge in [0.15, 0.2) is 5.69 Å². The van der Waals surface area contributed by atoms with Crippen molar-refractivity contribution in [2.75, 3.05) is 6.61 Å². The smallest absolute Gasteiger partial charge is 0.273 e. The van der Waals surface area contributed by atoms with Crippen molar-refractivity contribution in [1.82, 2.24) is 10.5 Å². The number of hydrogen-bond acceptors (Lipinski definition) is 4. The molecule has 0 radical (unpaired) electrons. The number of hydrogen-bond donors (Lipinski definition) is 2. The number of nitrogens with one attached hydrogen (secondary N) is 1. The van der Waals surface area contributed by atoms with Gasteiger partial charge in [-0.1, -0.05) is 35.5 Å². The first-order valence-electron chi connectivity index (χ1n) is 7.18. The van der Waals surface area contributed by atoms with Crippen LogP contribution >= 0.6 is 0 Å². The number of nitrogens with zero attached hydrogens (tertiary/aromatic N) is 1. The largest absolute Gasteiger partial charge is 0.394 e. The first-order valence-corrected chi connectivity index (χ1v) is 7.18. The summed E-state index contributed by atoms with van der Waals surface area (Å²) in [5, 5.41) is 16.0. The lowest BCUT2D eigenvalue weighted by molar-refractivity contribution is 0.0907. The molecule has 1 atom stereocenters. The van der Waals surface area contributed by atoms with Gasteiger partial charge in [-0.05, 0) is 24.8 Å². The molecular formula is C16H18N2O3. The van der Waals surface area contributed by atoms with E-state index in [9.17, 15) is 9.90 Å². The molecule has 1 aromatic heterocycles. The molecule has 2 aromatic rings. The van der Waals surface area contributed by atoms with Crippen LogP contribution in [0.2, 0.25) is 0 Å². The average molecular weight is 286 g/mol. The van der Waals surface area contributed by atoms with Crippen LogP contribution in [0.1, 0.15) is 40.6 Å². The molecule has 1 fully saturated rings. The summed E-state index contributed by atoms with van der Waals surface area (Å²) in [6.07, 6.45) is 2.78. The maximum atomic E-state index is 12.1.